The maximum Gasteiger partial charge on any atom is 0.287 e. The van der Waals surface area contributed by atoms with Gasteiger partial charge < -0.3 is 0 Å². The Kier molecular flexibility index (Phi) is 2.25. The van der Waals surface area contributed by atoms with Gasteiger partial charge in [0.1, 0.15) is 0 Å². The van der Waals surface area contributed by atoms with E-state index in [1.807, 2.05) is 6.92 Å². The van der Waals surface area contributed by atoms with Crippen molar-refractivity contribution in [1.82, 2.24) is 0 Å². The van der Waals surface area contributed by atoms with Crippen LogP contribution in [-0.4, -0.2) is 20.9 Å². The first-order chi connectivity index (χ1) is 6.24. The molecule has 2 atom stereocenters. The van der Waals surface area contributed by atoms with Gasteiger partial charge in [-0.15, -0.1) is 0 Å². The number of rotatable bonds is 2. The lowest BCUT2D eigenvalue weighted by molar-refractivity contribution is -0.673. The first-order valence-electron chi connectivity index (χ1n) is 4.53. The molecule has 0 bridgehead atoms. The first-order valence-corrected chi connectivity index (χ1v) is 4.53. The van der Waals surface area contributed by atoms with E-state index in [0.29, 0.717) is 0 Å². The number of nitrogens with zero attached hydrogens (tertiary/aromatic N) is 2. The van der Waals surface area contributed by atoms with Crippen molar-refractivity contribution < 1.29 is 9.85 Å². The summed E-state index contributed by atoms with van der Waals surface area (Å²) >= 11 is 0. The Bertz CT molecular complexity index is 265. The van der Waals surface area contributed by atoms with Crippen molar-refractivity contribution in [2.45, 2.75) is 44.7 Å². The molecule has 0 spiro atoms. The van der Waals surface area contributed by atoms with Crippen LogP contribution in [0.4, 0.5) is 0 Å². The molecule has 1 rings (SSSR count). The predicted molar refractivity (Wildman–Crippen MR) is 49.2 cm³/mol. The number of hydrogen-bond donors (Lipinski definition) is 0. The third-order valence-corrected chi connectivity index (χ3v) is 3.46. The zero-order chi connectivity index (χ0) is 11.1. The van der Waals surface area contributed by atoms with Gasteiger partial charge in [0, 0.05) is 36.5 Å². The van der Waals surface area contributed by atoms with Crippen LogP contribution in [0.3, 0.4) is 0 Å². The molecule has 0 aromatic rings. The van der Waals surface area contributed by atoms with Crippen LogP contribution in [0.5, 0.6) is 0 Å². The van der Waals surface area contributed by atoms with E-state index in [0.717, 1.165) is 0 Å². The third kappa shape index (κ3) is 1.17. The molecule has 6 nitrogen and oxygen atoms in total. The second-order valence-corrected chi connectivity index (χ2v) is 4.58. The van der Waals surface area contributed by atoms with E-state index in [9.17, 15) is 20.2 Å². The highest BCUT2D eigenvalue weighted by atomic mass is 16.6. The predicted octanol–water partition coefficient (Wildman–Crippen LogP) is 1.49. The summed E-state index contributed by atoms with van der Waals surface area (Å²) in [5, 5.41) is 21.8. The average molecular weight is 202 g/mol. The molecule has 1 saturated carbocycles. The lowest BCUT2D eigenvalue weighted by Gasteiger charge is -2.25. The van der Waals surface area contributed by atoms with Gasteiger partial charge in [-0.05, 0) is 5.92 Å². The van der Waals surface area contributed by atoms with Crippen molar-refractivity contribution in [1.29, 1.82) is 0 Å². The molecule has 0 N–H and O–H groups in total. The Morgan fingerprint density at radius 1 is 1.07 bits per heavy atom. The van der Waals surface area contributed by atoms with Gasteiger partial charge in [0.15, 0.2) is 0 Å². The molecule has 0 saturated heterocycles. The third-order valence-electron chi connectivity index (χ3n) is 3.46. The second kappa shape index (κ2) is 2.90. The lowest BCUT2D eigenvalue weighted by atomic mass is 9.84. The van der Waals surface area contributed by atoms with Crippen LogP contribution in [0.1, 0.15) is 33.6 Å². The van der Waals surface area contributed by atoms with Crippen LogP contribution in [0.25, 0.3) is 0 Å². The molecule has 1 fully saturated rings. The van der Waals surface area contributed by atoms with Crippen LogP contribution >= 0.6 is 0 Å². The normalized spacial score (nSPS) is 38.5. The number of hydrogen-bond acceptors (Lipinski definition) is 4. The van der Waals surface area contributed by atoms with Gasteiger partial charge in [-0.3, -0.25) is 20.2 Å². The van der Waals surface area contributed by atoms with Gasteiger partial charge in [0.25, 0.3) is 11.1 Å². The van der Waals surface area contributed by atoms with Crippen LogP contribution in [0, 0.1) is 26.1 Å². The molecule has 1 aliphatic carbocycles. The van der Waals surface area contributed by atoms with Gasteiger partial charge >= 0.3 is 0 Å². The summed E-state index contributed by atoms with van der Waals surface area (Å²) in [6.45, 7) is 4.56. The van der Waals surface area contributed by atoms with Crippen LogP contribution in [-0.2, 0) is 0 Å². The standard InChI is InChI=1S/C8H14N2O4/c1-6-4-7(2,9(11)12)8(3,5-6)10(13)14/h6H,4-5H2,1-3H3/t7-,8-/m0/s1. The van der Waals surface area contributed by atoms with E-state index >= 15 is 0 Å². The zero-order valence-corrected chi connectivity index (χ0v) is 8.52. The van der Waals surface area contributed by atoms with Gasteiger partial charge in [-0.2, -0.15) is 0 Å². The van der Waals surface area contributed by atoms with Gasteiger partial charge in [-0.1, -0.05) is 6.92 Å². The minimum absolute atomic E-state index is 0.0285. The fourth-order valence-corrected chi connectivity index (χ4v) is 2.41. The Hall–Kier alpha value is -1.20. The maximum absolute atomic E-state index is 10.9. The molecule has 1 aliphatic rings. The topological polar surface area (TPSA) is 86.3 Å². The molecule has 6 heteroatoms. The smallest absolute Gasteiger partial charge is 0.264 e. The Labute approximate surface area is 81.6 Å². The Morgan fingerprint density at radius 3 is 1.57 bits per heavy atom. The van der Waals surface area contributed by atoms with E-state index < -0.39 is 20.9 Å². The molecule has 14 heavy (non-hydrogen) atoms. The average Bonchev–Trinajstić information content (AvgIpc) is 2.24. The van der Waals surface area contributed by atoms with E-state index in [4.69, 9.17) is 0 Å². The van der Waals surface area contributed by atoms with Crippen molar-refractivity contribution in [3.8, 4) is 0 Å². The summed E-state index contributed by atoms with van der Waals surface area (Å²) in [4.78, 5) is 20.8. The molecule has 0 radical (unpaired) electrons. The largest absolute Gasteiger partial charge is 0.287 e. The molecular formula is C8H14N2O4. The van der Waals surface area contributed by atoms with Gasteiger partial charge in [-0.25, -0.2) is 0 Å². The summed E-state index contributed by atoms with van der Waals surface area (Å²) in [5.41, 5.74) is -2.87. The minimum Gasteiger partial charge on any atom is -0.264 e. The lowest BCUT2D eigenvalue weighted by Crippen LogP contribution is -2.55. The minimum atomic E-state index is -1.43. The first kappa shape index (κ1) is 10.9. The maximum atomic E-state index is 10.9. The Morgan fingerprint density at radius 2 is 1.36 bits per heavy atom. The van der Waals surface area contributed by atoms with E-state index in [2.05, 4.69) is 0 Å². The van der Waals surface area contributed by atoms with Crippen molar-refractivity contribution in [2.24, 2.45) is 5.92 Å². The highest BCUT2D eigenvalue weighted by molar-refractivity contribution is 5.02. The second-order valence-electron chi connectivity index (χ2n) is 4.58. The quantitative estimate of drug-likeness (QED) is 0.501. The summed E-state index contributed by atoms with van der Waals surface area (Å²) in [5.74, 6) is 0.0285. The van der Waals surface area contributed by atoms with Crippen molar-refractivity contribution >= 4 is 0 Å². The molecule has 0 aromatic carbocycles. The summed E-state index contributed by atoms with van der Waals surface area (Å²) in [6, 6.07) is 0. The van der Waals surface area contributed by atoms with Gasteiger partial charge in [0.2, 0.25) is 0 Å². The zero-order valence-electron chi connectivity index (χ0n) is 8.52. The van der Waals surface area contributed by atoms with E-state index in [-0.39, 0.29) is 18.8 Å². The fourth-order valence-electron chi connectivity index (χ4n) is 2.41. The molecule has 0 unspecified atom stereocenters. The molecule has 0 heterocycles. The summed E-state index contributed by atoms with van der Waals surface area (Å²) < 4.78 is 0. The molecular weight excluding hydrogens is 188 g/mol. The molecule has 0 amide bonds. The highest BCUT2D eigenvalue weighted by Crippen LogP contribution is 2.46. The van der Waals surface area contributed by atoms with Crippen LogP contribution < -0.4 is 0 Å². The summed E-state index contributed by atoms with van der Waals surface area (Å²) in [6.07, 6.45) is 0.551. The molecule has 80 valence electrons. The van der Waals surface area contributed by atoms with Crippen molar-refractivity contribution in [3.63, 3.8) is 0 Å². The molecule has 0 aromatic heterocycles. The summed E-state index contributed by atoms with van der Waals surface area (Å²) in [7, 11) is 0. The monoisotopic (exact) mass is 202 g/mol. The van der Waals surface area contributed by atoms with Crippen molar-refractivity contribution in [3.05, 3.63) is 20.2 Å². The number of nitro groups is 2. The van der Waals surface area contributed by atoms with Crippen LogP contribution in [0.15, 0.2) is 0 Å². The highest BCUT2D eigenvalue weighted by Gasteiger charge is 2.69. The Balaban J connectivity index is 3.17. The fraction of sp³-hybridized carbons (Fsp3) is 1.00. The van der Waals surface area contributed by atoms with E-state index in [1.54, 1.807) is 0 Å². The van der Waals surface area contributed by atoms with Crippen LogP contribution in [0.2, 0.25) is 0 Å². The SMILES string of the molecule is CC1C[C@](C)([N+](=O)[O-])[C@@](C)([N+](=O)[O-])C1. The van der Waals surface area contributed by atoms with Gasteiger partial charge in [0.05, 0.1) is 0 Å². The molecule has 0 aliphatic heterocycles. The van der Waals surface area contributed by atoms with Crippen molar-refractivity contribution in [2.75, 3.05) is 0 Å². The van der Waals surface area contributed by atoms with E-state index in [1.165, 1.54) is 13.8 Å².